The molecule has 0 aliphatic carbocycles. The average molecular weight is 440 g/mol. The van der Waals surface area contributed by atoms with Gasteiger partial charge in [0.25, 0.3) is 0 Å². The van der Waals surface area contributed by atoms with Gasteiger partial charge in [-0.1, -0.05) is 0 Å². The Morgan fingerprint density at radius 1 is 0.667 bits per heavy atom. The molecule has 0 radical (unpaired) electrons. The molecule has 0 saturated carbocycles. The maximum absolute atomic E-state index is 2.58. The van der Waals surface area contributed by atoms with Crippen LogP contribution in [0.2, 0.25) is 54.4 Å². The Bertz CT molecular complexity index is 167. The van der Waals surface area contributed by atoms with Gasteiger partial charge in [0.05, 0.1) is 0 Å². The summed E-state index contributed by atoms with van der Waals surface area (Å²) in [7, 11) is -1.63. The summed E-state index contributed by atoms with van der Waals surface area (Å²) in [5.74, 6) is 0. The molecule has 0 atom stereocenters. The van der Waals surface area contributed by atoms with Crippen molar-refractivity contribution in [1.82, 2.24) is 0 Å². The topological polar surface area (TPSA) is 0 Å². The zero-order valence-corrected chi connectivity index (χ0v) is 18.2. The summed E-state index contributed by atoms with van der Waals surface area (Å²) in [6.45, 7) is 20.5. The van der Waals surface area contributed by atoms with Crippen LogP contribution in [0.25, 0.3) is 0 Å². The Labute approximate surface area is 105 Å². The molecule has 3 heteroatoms. The van der Waals surface area contributed by atoms with Crippen LogP contribution in [0, 0.1) is 0 Å². The van der Waals surface area contributed by atoms with Gasteiger partial charge in [-0.25, -0.2) is 0 Å². The molecule has 0 aliphatic rings. The van der Waals surface area contributed by atoms with Crippen LogP contribution in [0.3, 0.4) is 0 Å². The second-order valence-corrected chi connectivity index (χ2v) is 44.0. The van der Waals surface area contributed by atoms with Crippen LogP contribution in [0.15, 0.2) is 0 Å². The molecule has 0 aromatic heterocycles. The minimum atomic E-state index is -1.83. The van der Waals surface area contributed by atoms with Gasteiger partial charge in [-0.2, -0.15) is 0 Å². The number of hydrogen-bond acceptors (Lipinski definition) is 0. The first kappa shape index (κ1) is 16.4. The van der Waals surface area contributed by atoms with Gasteiger partial charge in [0.2, 0.25) is 0 Å². The molecule has 0 N–H and O–H groups in total. The first-order valence-corrected chi connectivity index (χ1v) is 24.9. The zero-order valence-electron chi connectivity index (χ0n) is 12.3. The fourth-order valence-corrected chi connectivity index (χ4v) is 79.5. The van der Waals surface area contributed by atoms with Crippen molar-refractivity contribution < 1.29 is 0 Å². The van der Waals surface area contributed by atoms with Crippen LogP contribution >= 0.6 is 0 Å². The van der Waals surface area contributed by atoms with Gasteiger partial charge in [-0.05, 0) is 0 Å². The Hall–Kier alpha value is 1.36. The van der Waals surface area contributed by atoms with Crippen molar-refractivity contribution in [2.24, 2.45) is 0 Å². The molecule has 0 spiro atoms. The van der Waals surface area contributed by atoms with Crippen LogP contribution < -0.4 is 0 Å². The third-order valence-electron chi connectivity index (χ3n) is 3.31. The van der Waals surface area contributed by atoms with Crippen molar-refractivity contribution in [3.05, 3.63) is 0 Å². The zero-order chi connectivity index (χ0) is 12.3. The van der Waals surface area contributed by atoms with Crippen molar-refractivity contribution in [2.75, 3.05) is 0 Å². The van der Waals surface area contributed by atoms with Gasteiger partial charge in [-0.3, -0.25) is 0 Å². The van der Waals surface area contributed by atoms with E-state index in [1.165, 1.54) is 0 Å². The van der Waals surface area contributed by atoms with Gasteiger partial charge >= 0.3 is 106 Å². The summed E-state index contributed by atoms with van der Waals surface area (Å²) in [5, 5.41) is 0. The van der Waals surface area contributed by atoms with Crippen LogP contribution in [-0.2, 0) is 0 Å². The minimum absolute atomic E-state index is 0.813. The van der Waals surface area contributed by atoms with E-state index in [2.05, 4.69) is 53.1 Å². The van der Waals surface area contributed by atoms with Crippen molar-refractivity contribution in [3.63, 3.8) is 0 Å². The van der Waals surface area contributed by atoms with Gasteiger partial charge in [0.1, 0.15) is 0 Å². The quantitative estimate of drug-likeness (QED) is 0.497. The SMILES string of the molecule is C[CH2][Pb]([CH2]C)([CH2][Si](C)(C)C)[CH2][Si](C)(C)C. The second kappa shape index (κ2) is 5.80. The number of hydrogen-bond donors (Lipinski definition) is 0. The van der Waals surface area contributed by atoms with Crippen molar-refractivity contribution in [3.8, 4) is 0 Å². The van der Waals surface area contributed by atoms with E-state index in [9.17, 15) is 0 Å². The molecule has 0 nitrogen and oxygen atoms in total. The third-order valence-corrected chi connectivity index (χ3v) is 60.8. The van der Waals surface area contributed by atoms with E-state index in [0.29, 0.717) is 0 Å². The monoisotopic (exact) mass is 440 g/mol. The normalized spacial score (nSPS) is 14.4. The summed E-state index contributed by atoms with van der Waals surface area (Å²) < 4.78 is 6.71. The molecule has 0 bridgehead atoms. The fraction of sp³-hybridized carbons (Fsp3) is 1.00. The first-order chi connectivity index (χ1) is 6.54. The Morgan fingerprint density at radius 2 is 0.933 bits per heavy atom. The van der Waals surface area contributed by atoms with E-state index in [0.717, 1.165) is 0 Å². The van der Waals surface area contributed by atoms with Gasteiger partial charge in [-0.15, -0.1) is 0 Å². The van der Waals surface area contributed by atoms with Crippen molar-refractivity contribution in [1.29, 1.82) is 0 Å². The van der Waals surface area contributed by atoms with Crippen molar-refractivity contribution in [2.45, 2.75) is 68.3 Å². The summed E-state index contributed by atoms with van der Waals surface area (Å²) >= 11 is -1.83. The van der Waals surface area contributed by atoms with E-state index in [4.69, 9.17) is 0 Å². The molecule has 15 heavy (non-hydrogen) atoms. The maximum atomic E-state index is 2.58. The molecule has 0 aliphatic heterocycles. The summed E-state index contributed by atoms with van der Waals surface area (Å²) in [5.41, 5.74) is 0. The molecule has 0 heterocycles. The van der Waals surface area contributed by atoms with Gasteiger partial charge < -0.3 is 0 Å². The van der Waals surface area contributed by atoms with E-state index in [1.807, 2.05) is 0 Å². The van der Waals surface area contributed by atoms with E-state index >= 15 is 0 Å². The Morgan fingerprint density at radius 3 is 1.07 bits per heavy atom. The third kappa shape index (κ3) is 7.31. The van der Waals surface area contributed by atoms with E-state index in [1.54, 1.807) is 15.2 Å². The summed E-state index contributed by atoms with van der Waals surface area (Å²) in [6.07, 6.45) is 0. The Kier molecular flexibility index (Phi) is 6.33. The van der Waals surface area contributed by atoms with E-state index in [-0.39, 0.29) is 0 Å². The standard InChI is InChI=1S/2C4H11Si.2C2H5.Pb/c2*1-5(2,3)4;2*1-2;/h2*1H2,2-4H3;2*1H2,2H3;. The number of rotatable bonds is 6. The van der Waals surface area contributed by atoms with Crippen LogP contribution in [-0.4, -0.2) is 37.3 Å². The summed E-state index contributed by atoms with van der Waals surface area (Å²) in [6, 6.07) is 0. The van der Waals surface area contributed by atoms with Crippen LogP contribution in [0.4, 0.5) is 0 Å². The molecule has 0 aromatic carbocycles. The predicted octanol–water partition coefficient (Wildman–Crippen LogP) is 5.23. The molecule has 0 unspecified atom stereocenters. The molecule has 0 rings (SSSR count). The molecule has 92 valence electrons. The Balaban J connectivity index is 4.74. The fourth-order valence-electron chi connectivity index (χ4n) is 3.06. The van der Waals surface area contributed by atoms with Crippen LogP contribution in [0.1, 0.15) is 13.8 Å². The summed E-state index contributed by atoms with van der Waals surface area (Å²) in [4.78, 5) is 0. The van der Waals surface area contributed by atoms with Gasteiger partial charge in [0, 0.05) is 0 Å². The molecule has 0 aromatic rings. The molecule has 0 saturated heterocycles. The predicted molar refractivity (Wildman–Crippen MR) is 83.0 cm³/mol. The second-order valence-electron chi connectivity index (χ2n) is 7.68. The van der Waals surface area contributed by atoms with E-state index < -0.39 is 37.3 Å². The molecule has 0 fully saturated rings. The first-order valence-electron chi connectivity index (χ1n) is 6.54. The van der Waals surface area contributed by atoms with Crippen molar-refractivity contribution >= 4 is 37.3 Å². The van der Waals surface area contributed by atoms with Crippen LogP contribution in [0.5, 0.6) is 0 Å². The van der Waals surface area contributed by atoms with Gasteiger partial charge in [0.15, 0.2) is 0 Å². The molecular weight excluding hydrogens is 408 g/mol. The average Bonchev–Trinajstić information content (AvgIpc) is 1.98. The molecular formula is C12H32PbSi2. The molecule has 0 amide bonds.